The Balaban J connectivity index is -0.0000000860. The highest BCUT2D eigenvalue weighted by Gasteiger charge is 2.02. The minimum Gasteiger partial charge on any atom is -0.360 e. The topological polar surface area (TPSA) is 18.5 Å². The lowest BCUT2D eigenvalue weighted by atomic mass is 10.6. The first-order valence-electron chi connectivity index (χ1n) is 4.90. The molecule has 92 valence electrons. The third-order valence-electron chi connectivity index (χ3n) is 1.32. The molecule has 0 aromatic heterocycles. The van der Waals surface area contributed by atoms with Crippen LogP contribution in [0.3, 0.4) is 0 Å². The van der Waals surface area contributed by atoms with Crippen molar-refractivity contribution in [3.05, 3.63) is 39.5 Å². The van der Waals surface area contributed by atoms with Gasteiger partial charge >= 0.3 is 0 Å². The highest BCUT2D eigenvalue weighted by atomic mass is 28.2. The van der Waals surface area contributed by atoms with E-state index in [1.165, 1.54) is 12.5 Å². The van der Waals surface area contributed by atoms with Gasteiger partial charge < -0.3 is 9.47 Å². The zero-order chi connectivity index (χ0) is 13.1. The van der Waals surface area contributed by atoms with E-state index in [1.807, 2.05) is 0 Å². The molecular weight excluding hydrogens is 204 g/mol. The Morgan fingerprint density at radius 2 is 1.27 bits per heavy atom. The van der Waals surface area contributed by atoms with Crippen LogP contribution in [0.5, 0.6) is 0 Å². The van der Waals surface area contributed by atoms with Crippen LogP contribution in [0.15, 0.2) is 39.5 Å². The van der Waals surface area contributed by atoms with E-state index in [-0.39, 0.29) is 15.4 Å². The predicted octanol–water partition coefficient (Wildman–Crippen LogP) is 2.97. The van der Waals surface area contributed by atoms with Gasteiger partial charge in [0.15, 0.2) is 0 Å². The molecule has 2 nitrogen and oxygen atoms in total. The molecule has 0 aromatic rings. The Bertz CT molecular complexity index is 80.9. The van der Waals surface area contributed by atoms with Gasteiger partial charge in [0.1, 0.15) is 5.91 Å². The van der Waals surface area contributed by atoms with E-state index in [2.05, 4.69) is 46.4 Å². The smallest absolute Gasteiger partial charge is 0.134 e. The predicted molar refractivity (Wildman–Crippen MR) is 75.2 cm³/mol. The summed E-state index contributed by atoms with van der Waals surface area (Å²) in [4.78, 5) is 0. The van der Waals surface area contributed by atoms with Gasteiger partial charge in [0, 0.05) is 14.2 Å². The zero-order valence-corrected chi connectivity index (χ0v) is 12.2. The average molecular weight is 232 g/mol. The fourth-order valence-corrected chi connectivity index (χ4v) is 1.92. The van der Waals surface area contributed by atoms with Crippen molar-refractivity contribution in [2.24, 2.45) is 0 Å². The summed E-state index contributed by atoms with van der Waals surface area (Å²) in [6.07, 6.45) is 1.26. The van der Waals surface area contributed by atoms with Gasteiger partial charge in [0.2, 0.25) is 0 Å². The van der Waals surface area contributed by atoms with Gasteiger partial charge in [-0.3, -0.25) is 0 Å². The Morgan fingerprint density at radius 3 is 1.47 bits per heavy atom. The van der Waals surface area contributed by atoms with Crippen molar-refractivity contribution in [1.29, 1.82) is 0 Å². The summed E-state index contributed by atoms with van der Waals surface area (Å²) in [5, 5.41) is 0. The third kappa shape index (κ3) is 31.8. The van der Waals surface area contributed by atoms with Crippen molar-refractivity contribution in [2.45, 2.75) is 25.3 Å². The third-order valence-corrected chi connectivity index (χ3v) is 3.57. The average Bonchev–Trinajstić information content (AvgIpc) is 2.38. The lowest BCUT2D eigenvalue weighted by Gasteiger charge is -2.10. The van der Waals surface area contributed by atoms with Crippen LogP contribution in [-0.2, 0) is 9.47 Å². The lowest BCUT2D eigenvalue weighted by Crippen LogP contribution is -2.20. The van der Waals surface area contributed by atoms with E-state index in [9.17, 15) is 0 Å². The van der Waals surface area contributed by atoms with Gasteiger partial charge in [-0.1, -0.05) is 19.4 Å². The largest absolute Gasteiger partial charge is 0.360 e. The molecule has 0 heterocycles. The van der Waals surface area contributed by atoms with Crippen molar-refractivity contribution < 1.29 is 9.47 Å². The summed E-state index contributed by atoms with van der Waals surface area (Å²) in [6, 6.07) is 1.31. The lowest BCUT2D eigenvalue weighted by molar-refractivity contribution is -0.0441. The molecule has 0 fully saturated rings. The van der Waals surface area contributed by atoms with Gasteiger partial charge in [-0.05, 0) is 0 Å². The van der Waals surface area contributed by atoms with Crippen LogP contribution in [0.4, 0.5) is 0 Å². The molecule has 0 aliphatic carbocycles. The molecule has 0 aliphatic rings. The molecule has 0 bridgehead atoms. The van der Waals surface area contributed by atoms with E-state index >= 15 is 0 Å². The SMILES string of the molecule is C=C.C=C.C=C.CCC[SiH2]C(OC)OC. The molecule has 0 amide bonds. The summed E-state index contributed by atoms with van der Waals surface area (Å²) in [5.74, 6) is 0.143. The first kappa shape index (κ1) is 23.9. The highest BCUT2D eigenvalue weighted by molar-refractivity contribution is 6.36. The van der Waals surface area contributed by atoms with E-state index < -0.39 is 0 Å². The Morgan fingerprint density at radius 1 is 0.933 bits per heavy atom. The summed E-state index contributed by atoms with van der Waals surface area (Å²) in [6.45, 7) is 20.2. The molecule has 0 rings (SSSR count). The summed E-state index contributed by atoms with van der Waals surface area (Å²) < 4.78 is 10.1. The molecule has 0 spiro atoms. The Kier molecular flexibility index (Phi) is 60.0. The van der Waals surface area contributed by atoms with Crippen LogP contribution in [0.2, 0.25) is 6.04 Å². The van der Waals surface area contributed by atoms with E-state index in [0.717, 1.165) is 0 Å². The number of hydrogen-bond donors (Lipinski definition) is 0. The summed E-state index contributed by atoms with van der Waals surface area (Å²) >= 11 is 0. The normalized spacial score (nSPS) is 8.00. The van der Waals surface area contributed by atoms with Crippen molar-refractivity contribution in [3.8, 4) is 0 Å². The zero-order valence-electron chi connectivity index (χ0n) is 10.8. The minimum atomic E-state index is -0.119. The maximum absolute atomic E-state index is 5.04. The van der Waals surface area contributed by atoms with E-state index in [0.29, 0.717) is 0 Å². The van der Waals surface area contributed by atoms with Crippen molar-refractivity contribution in [3.63, 3.8) is 0 Å². The fraction of sp³-hybridized carbons (Fsp3) is 0.500. The second-order valence-corrected chi connectivity index (χ2v) is 3.99. The van der Waals surface area contributed by atoms with E-state index in [1.54, 1.807) is 14.2 Å². The van der Waals surface area contributed by atoms with Gasteiger partial charge in [-0.15, -0.1) is 39.5 Å². The number of hydrogen-bond acceptors (Lipinski definition) is 2. The molecular formula is C12H28O2Si. The molecule has 0 aliphatic heterocycles. The number of ether oxygens (including phenoxy) is 2. The molecule has 0 saturated heterocycles. The summed E-state index contributed by atoms with van der Waals surface area (Å²) in [7, 11) is 3.29. The van der Waals surface area contributed by atoms with Crippen LogP contribution in [-0.4, -0.2) is 29.7 Å². The van der Waals surface area contributed by atoms with Crippen LogP contribution < -0.4 is 0 Å². The minimum absolute atomic E-state index is 0.119. The molecule has 0 atom stereocenters. The first-order valence-corrected chi connectivity index (χ1v) is 6.72. The molecule has 0 saturated carbocycles. The molecule has 0 radical (unpaired) electrons. The molecule has 0 N–H and O–H groups in total. The van der Waals surface area contributed by atoms with Gasteiger partial charge in [-0.25, -0.2) is 0 Å². The maximum Gasteiger partial charge on any atom is 0.134 e. The van der Waals surface area contributed by atoms with Crippen LogP contribution in [0.1, 0.15) is 13.3 Å². The van der Waals surface area contributed by atoms with Gasteiger partial charge in [0.05, 0.1) is 9.52 Å². The van der Waals surface area contributed by atoms with E-state index in [4.69, 9.17) is 9.47 Å². The second kappa shape index (κ2) is 37.7. The first-order chi connectivity index (χ1) is 7.35. The van der Waals surface area contributed by atoms with Crippen molar-refractivity contribution in [2.75, 3.05) is 14.2 Å². The molecule has 15 heavy (non-hydrogen) atoms. The number of rotatable bonds is 5. The van der Waals surface area contributed by atoms with Crippen LogP contribution in [0.25, 0.3) is 0 Å². The summed E-state index contributed by atoms with van der Waals surface area (Å²) in [5.41, 5.74) is 0. The maximum atomic E-state index is 5.04. The Labute approximate surface area is 98.5 Å². The van der Waals surface area contributed by atoms with Gasteiger partial charge in [-0.2, -0.15) is 0 Å². The number of methoxy groups -OCH3 is 2. The molecule has 3 heteroatoms. The van der Waals surface area contributed by atoms with Crippen LogP contribution >= 0.6 is 0 Å². The highest BCUT2D eigenvalue weighted by Crippen LogP contribution is 1.94. The van der Waals surface area contributed by atoms with Crippen LogP contribution in [0, 0.1) is 0 Å². The quantitative estimate of drug-likeness (QED) is 0.412. The second-order valence-electron chi connectivity index (χ2n) is 2.04. The Hall–Kier alpha value is -0.643. The molecule has 0 unspecified atom stereocenters. The molecule has 0 aromatic carbocycles. The standard InChI is InChI=1S/C6H16O2Si.3C2H4/c1-4-5-9-6(7-2)8-3;3*1-2/h6H,4-5,9H2,1-3H3;3*1-2H2. The fourth-order valence-electron chi connectivity index (χ4n) is 0.703. The van der Waals surface area contributed by atoms with Gasteiger partial charge in [0.25, 0.3) is 0 Å². The van der Waals surface area contributed by atoms with Crippen molar-refractivity contribution >= 4 is 9.52 Å². The monoisotopic (exact) mass is 232 g/mol. The van der Waals surface area contributed by atoms with Crippen molar-refractivity contribution in [1.82, 2.24) is 0 Å².